The van der Waals surface area contributed by atoms with E-state index in [4.69, 9.17) is 0 Å². The number of fused-ring (bicyclic) bond motifs is 2. The van der Waals surface area contributed by atoms with E-state index in [9.17, 15) is 0 Å². The molecule has 140 valence electrons. The largest absolute Gasteiger partial charge is 0.0616 e. The third-order valence-electron chi connectivity index (χ3n) is 5.94. The molecule has 5 rings (SSSR count). The zero-order valence-electron chi connectivity index (χ0n) is 17.2. The molecule has 0 nitrogen and oxygen atoms in total. The molecule has 5 aromatic carbocycles. The minimum absolute atomic E-state index is 1.28. The van der Waals surface area contributed by atoms with Crippen molar-refractivity contribution in [3.8, 4) is 22.3 Å². The topological polar surface area (TPSA) is 0 Å². The Labute approximate surface area is 172 Å². The van der Waals surface area contributed by atoms with E-state index in [1.54, 1.807) is 0 Å². The Balaban J connectivity index is 2.00. The van der Waals surface area contributed by atoms with E-state index < -0.39 is 0 Å². The van der Waals surface area contributed by atoms with Gasteiger partial charge in [-0.1, -0.05) is 102 Å². The summed E-state index contributed by atoms with van der Waals surface area (Å²) in [4.78, 5) is 0. The average Bonchev–Trinajstić information content (AvgIpc) is 2.74. The minimum Gasteiger partial charge on any atom is -0.0616 e. The molecule has 0 heterocycles. The van der Waals surface area contributed by atoms with Gasteiger partial charge >= 0.3 is 0 Å². The fourth-order valence-electron chi connectivity index (χ4n) is 4.46. The van der Waals surface area contributed by atoms with Crippen molar-refractivity contribution in [2.75, 3.05) is 0 Å². The molecule has 0 aliphatic rings. The molecule has 0 amide bonds. The first-order valence-corrected chi connectivity index (χ1v) is 10.2. The lowest BCUT2D eigenvalue weighted by Gasteiger charge is -2.19. The lowest BCUT2D eigenvalue weighted by atomic mass is 9.84. The molecule has 5 aromatic rings. The average molecular weight is 373 g/mol. The maximum Gasteiger partial charge on any atom is -0.00237 e. The van der Waals surface area contributed by atoms with Gasteiger partial charge < -0.3 is 0 Å². The summed E-state index contributed by atoms with van der Waals surface area (Å²) in [6.45, 7) is 6.52. The molecule has 0 N–H and O–H groups in total. The molecular formula is C29H24. The Morgan fingerprint density at radius 1 is 0.414 bits per heavy atom. The highest BCUT2D eigenvalue weighted by molar-refractivity contribution is 6.22. The molecular weight excluding hydrogens is 348 g/mol. The fraction of sp³-hybridized carbons (Fsp3) is 0.103. The van der Waals surface area contributed by atoms with Gasteiger partial charge in [-0.25, -0.2) is 0 Å². The molecule has 0 aliphatic heterocycles. The molecule has 0 bridgehead atoms. The molecule has 0 saturated carbocycles. The first-order chi connectivity index (χ1) is 14.1. The van der Waals surface area contributed by atoms with E-state index in [1.165, 1.54) is 60.5 Å². The summed E-state index contributed by atoms with van der Waals surface area (Å²) < 4.78 is 0. The summed E-state index contributed by atoms with van der Waals surface area (Å²) in [6.07, 6.45) is 0. The molecule has 0 atom stereocenters. The molecule has 0 unspecified atom stereocenters. The van der Waals surface area contributed by atoms with Crippen molar-refractivity contribution in [2.45, 2.75) is 20.8 Å². The van der Waals surface area contributed by atoms with Gasteiger partial charge in [-0.2, -0.15) is 0 Å². The summed E-state index contributed by atoms with van der Waals surface area (Å²) in [6, 6.07) is 33.4. The summed E-state index contributed by atoms with van der Waals surface area (Å²) >= 11 is 0. The maximum absolute atomic E-state index is 2.28. The lowest BCUT2D eigenvalue weighted by molar-refractivity contribution is 1.47. The zero-order valence-corrected chi connectivity index (χ0v) is 17.2. The van der Waals surface area contributed by atoms with E-state index in [-0.39, 0.29) is 0 Å². The SMILES string of the molecule is Cc1ccc(-c2c3ccccc3c(-c3ccc(C)cc3)c3c(C)cccc23)cc1. The predicted molar refractivity (Wildman–Crippen MR) is 127 cm³/mol. The molecule has 0 saturated heterocycles. The summed E-state index contributed by atoms with van der Waals surface area (Å²) in [5.74, 6) is 0. The van der Waals surface area contributed by atoms with Crippen molar-refractivity contribution in [3.63, 3.8) is 0 Å². The van der Waals surface area contributed by atoms with Gasteiger partial charge in [0, 0.05) is 0 Å². The smallest absolute Gasteiger partial charge is 0.00237 e. The number of rotatable bonds is 2. The van der Waals surface area contributed by atoms with Gasteiger partial charge in [0.15, 0.2) is 0 Å². The van der Waals surface area contributed by atoms with Crippen molar-refractivity contribution in [1.29, 1.82) is 0 Å². The second-order valence-corrected chi connectivity index (χ2v) is 8.03. The highest BCUT2D eigenvalue weighted by atomic mass is 14.2. The number of hydrogen-bond acceptors (Lipinski definition) is 0. The van der Waals surface area contributed by atoms with Crippen LogP contribution < -0.4 is 0 Å². The monoisotopic (exact) mass is 372 g/mol. The molecule has 0 spiro atoms. The van der Waals surface area contributed by atoms with Crippen LogP contribution in [-0.4, -0.2) is 0 Å². The Bertz CT molecular complexity index is 1340. The van der Waals surface area contributed by atoms with Gasteiger partial charge in [0.25, 0.3) is 0 Å². The second-order valence-electron chi connectivity index (χ2n) is 8.03. The molecule has 0 fully saturated rings. The van der Waals surface area contributed by atoms with Crippen LogP contribution >= 0.6 is 0 Å². The standard InChI is InChI=1S/C29H24/c1-19-11-15-22(16-12-19)28-24-8-4-5-9-25(24)29(23-17-13-20(2)14-18-23)27-21(3)7-6-10-26(27)28/h4-18H,1-3H3. The molecule has 0 radical (unpaired) electrons. The fourth-order valence-corrected chi connectivity index (χ4v) is 4.46. The molecule has 0 heteroatoms. The van der Waals surface area contributed by atoms with Crippen molar-refractivity contribution in [2.24, 2.45) is 0 Å². The van der Waals surface area contributed by atoms with E-state index >= 15 is 0 Å². The molecule has 0 aliphatic carbocycles. The number of aryl methyl sites for hydroxylation is 3. The van der Waals surface area contributed by atoms with Gasteiger partial charge in [-0.3, -0.25) is 0 Å². The summed E-state index contributed by atoms with van der Waals surface area (Å²) in [5, 5.41) is 5.30. The molecule has 29 heavy (non-hydrogen) atoms. The number of benzene rings is 5. The predicted octanol–water partition coefficient (Wildman–Crippen LogP) is 8.25. The van der Waals surface area contributed by atoms with Crippen molar-refractivity contribution in [1.82, 2.24) is 0 Å². The van der Waals surface area contributed by atoms with Crippen LogP contribution in [0, 0.1) is 20.8 Å². The molecule has 0 aromatic heterocycles. The van der Waals surface area contributed by atoms with Crippen LogP contribution in [0.4, 0.5) is 0 Å². The lowest BCUT2D eigenvalue weighted by Crippen LogP contribution is -1.92. The Morgan fingerprint density at radius 2 is 0.897 bits per heavy atom. The third kappa shape index (κ3) is 2.93. The highest BCUT2D eigenvalue weighted by Gasteiger charge is 2.17. The van der Waals surface area contributed by atoms with E-state index in [1.807, 2.05) is 0 Å². The van der Waals surface area contributed by atoms with Crippen molar-refractivity contribution in [3.05, 3.63) is 108 Å². The first-order valence-electron chi connectivity index (χ1n) is 10.2. The Kier molecular flexibility index (Phi) is 4.21. The zero-order chi connectivity index (χ0) is 20.0. The van der Waals surface area contributed by atoms with Gasteiger partial charge in [0.05, 0.1) is 0 Å². The van der Waals surface area contributed by atoms with E-state index in [0.29, 0.717) is 0 Å². The minimum atomic E-state index is 1.28. The van der Waals surface area contributed by atoms with Crippen molar-refractivity contribution < 1.29 is 0 Å². The van der Waals surface area contributed by atoms with Crippen LogP contribution in [-0.2, 0) is 0 Å². The van der Waals surface area contributed by atoms with E-state index in [2.05, 4.69) is 112 Å². The summed E-state index contributed by atoms with van der Waals surface area (Å²) in [7, 11) is 0. The Hall–Kier alpha value is -3.38. The second kappa shape index (κ2) is 6.90. The third-order valence-corrected chi connectivity index (χ3v) is 5.94. The maximum atomic E-state index is 2.28. The van der Waals surface area contributed by atoms with Crippen LogP contribution in [0.3, 0.4) is 0 Å². The van der Waals surface area contributed by atoms with Crippen LogP contribution in [0.5, 0.6) is 0 Å². The van der Waals surface area contributed by atoms with Crippen LogP contribution in [0.15, 0.2) is 91.0 Å². The quantitative estimate of drug-likeness (QED) is 0.274. The van der Waals surface area contributed by atoms with Crippen molar-refractivity contribution >= 4 is 21.5 Å². The first kappa shape index (κ1) is 17.7. The normalized spacial score (nSPS) is 11.3. The van der Waals surface area contributed by atoms with E-state index in [0.717, 1.165) is 0 Å². The van der Waals surface area contributed by atoms with Gasteiger partial charge in [-0.15, -0.1) is 0 Å². The van der Waals surface area contributed by atoms with Gasteiger partial charge in [0.1, 0.15) is 0 Å². The van der Waals surface area contributed by atoms with Crippen LogP contribution in [0.2, 0.25) is 0 Å². The van der Waals surface area contributed by atoms with Crippen LogP contribution in [0.25, 0.3) is 43.8 Å². The Morgan fingerprint density at radius 3 is 1.48 bits per heavy atom. The van der Waals surface area contributed by atoms with Gasteiger partial charge in [-0.05, 0) is 70.1 Å². The van der Waals surface area contributed by atoms with Gasteiger partial charge in [0.2, 0.25) is 0 Å². The van der Waals surface area contributed by atoms with Crippen LogP contribution in [0.1, 0.15) is 16.7 Å². The number of hydrogen-bond donors (Lipinski definition) is 0. The highest BCUT2D eigenvalue weighted by Crippen LogP contribution is 2.44. The summed E-state index contributed by atoms with van der Waals surface area (Å²) in [5.41, 5.74) is 9.11.